The lowest BCUT2D eigenvalue weighted by atomic mass is 9.60. The van der Waals surface area contributed by atoms with Gasteiger partial charge in [0.15, 0.2) is 9.84 Å². The highest BCUT2D eigenvalue weighted by Crippen LogP contribution is 2.49. The van der Waals surface area contributed by atoms with E-state index in [1.807, 2.05) is 12.3 Å². The van der Waals surface area contributed by atoms with Crippen molar-refractivity contribution in [3.8, 4) is 0 Å². The van der Waals surface area contributed by atoms with E-state index in [0.29, 0.717) is 18.3 Å². The topological polar surface area (TPSA) is 79.4 Å². The zero-order valence-corrected chi connectivity index (χ0v) is 16.8. The zero-order valence-electron chi connectivity index (χ0n) is 16.0. The van der Waals surface area contributed by atoms with Gasteiger partial charge >= 0.3 is 0 Å². The highest BCUT2D eigenvalue weighted by atomic mass is 32.2. The number of carbonyl (C=O) groups is 1. The molecule has 6 nitrogen and oxygen atoms in total. The number of hydrogen-bond acceptors (Lipinski definition) is 5. The van der Waals surface area contributed by atoms with Crippen LogP contribution in [0.4, 0.5) is 0 Å². The van der Waals surface area contributed by atoms with Crippen LogP contribution in [0.15, 0.2) is 18.3 Å². The normalized spacial score (nSPS) is 27.4. The molecule has 7 heteroatoms. The highest BCUT2D eigenvalue weighted by Gasteiger charge is 2.47. The molecule has 0 aromatic carbocycles. The Morgan fingerprint density at radius 2 is 2.07 bits per heavy atom. The summed E-state index contributed by atoms with van der Waals surface area (Å²) in [7, 11) is -3.21. The first-order valence-corrected chi connectivity index (χ1v) is 11.7. The van der Waals surface area contributed by atoms with Gasteiger partial charge in [-0.15, -0.1) is 0 Å². The van der Waals surface area contributed by atoms with E-state index in [1.54, 1.807) is 0 Å². The molecule has 1 spiro atoms. The molecule has 1 atom stereocenters. The van der Waals surface area contributed by atoms with Crippen molar-refractivity contribution in [2.45, 2.75) is 63.3 Å². The molecule has 0 bridgehead atoms. The maximum Gasteiger partial charge on any atom is 0.238 e. The predicted molar refractivity (Wildman–Crippen MR) is 104 cm³/mol. The number of sulfone groups is 1. The zero-order chi connectivity index (χ0) is 19.1. The number of amides is 1. The van der Waals surface area contributed by atoms with Crippen molar-refractivity contribution in [3.05, 3.63) is 29.6 Å². The van der Waals surface area contributed by atoms with Gasteiger partial charge in [-0.25, -0.2) is 8.42 Å². The van der Waals surface area contributed by atoms with E-state index < -0.39 is 15.1 Å². The Morgan fingerprint density at radius 3 is 2.70 bits per heavy atom. The molecule has 4 rings (SSSR count). The van der Waals surface area contributed by atoms with Gasteiger partial charge in [-0.05, 0) is 75.6 Å². The maximum atomic E-state index is 12.3. The third-order valence-electron chi connectivity index (χ3n) is 6.73. The van der Waals surface area contributed by atoms with Crippen LogP contribution in [0.3, 0.4) is 0 Å². The van der Waals surface area contributed by atoms with Gasteiger partial charge in [-0.2, -0.15) is 0 Å². The van der Waals surface area contributed by atoms with Crippen LogP contribution in [0, 0.1) is 12.3 Å². The van der Waals surface area contributed by atoms with Crippen LogP contribution >= 0.6 is 0 Å². The number of nitrogens with zero attached hydrogens (tertiary/aromatic N) is 2. The van der Waals surface area contributed by atoms with Crippen molar-refractivity contribution in [2.24, 2.45) is 5.41 Å². The second-order valence-corrected chi connectivity index (χ2v) is 11.0. The Balaban J connectivity index is 1.24. The predicted octanol–water partition coefficient (Wildman–Crippen LogP) is 1.83. The van der Waals surface area contributed by atoms with Crippen molar-refractivity contribution < 1.29 is 13.2 Å². The SMILES string of the molecule is Cc1cccnc1CN1CCC2(CC1)CC(NC(=O)C1CCCS1(=O)=O)C2. The average molecular weight is 392 g/mol. The number of aryl methyl sites for hydroxylation is 1. The van der Waals surface area contributed by atoms with E-state index in [4.69, 9.17) is 0 Å². The van der Waals surface area contributed by atoms with Gasteiger partial charge in [0.05, 0.1) is 11.4 Å². The van der Waals surface area contributed by atoms with Crippen molar-refractivity contribution in [2.75, 3.05) is 18.8 Å². The molecule has 1 unspecified atom stereocenters. The summed E-state index contributed by atoms with van der Waals surface area (Å²) in [6.45, 7) is 5.14. The molecule has 3 heterocycles. The molecule has 1 amide bonds. The van der Waals surface area contributed by atoms with Gasteiger partial charge in [-0.1, -0.05) is 6.07 Å². The fraction of sp³-hybridized carbons (Fsp3) is 0.700. The molecule has 0 radical (unpaired) electrons. The summed E-state index contributed by atoms with van der Waals surface area (Å²) in [4.78, 5) is 19.3. The van der Waals surface area contributed by atoms with Crippen LogP contribution in [-0.2, 0) is 21.2 Å². The van der Waals surface area contributed by atoms with E-state index in [2.05, 4.69) is 28.2 Å². The van der Waals surface area contributed by atoms with Gasteiger partial charge in [0.2, 0.25) is 5.91 Å². The lowest BCUT2D eigenvalue weighted by molar-refractivity contribution is -0.123. The minimum atomic E-state index is -3.21. The number of hydrogen-bond donors (Lipinski definition) is 1. The molecule has 1 aliphatic carbocycles. The number of nitrogens with one attached hydrogen (secondary N) is 1. The van der Waals surface area contributed by atoms with E-state index in [0.717, 1.165) is 51.0 Å². The van der Waals surface area contributed by atoms with E-state index in [-0.39, 0.29) is 17.7 Å². The number of pyridine rings is 1. The van der Waals surface area contributed by atoms with Crippen LogP contribution in [0.25, 0.3) is 0 Å². The van der Waals surface area contributed by atoms with E-state index in [9.17, 15) is 13.2 Å². The summed E-state index contributed by atoms with van der Waals surface area (Å²) in [5, 5.41) is 2.19. The standard InChI is InChI=1S/C20H29N3O3S/c1-15-4-2-8-21-17(15)14-23-9-6-20(7-10-23)12-16(13-20)22-19(24)18-5-3-11-27(18,25)26/h2,4,8,16,18H,3,5-7,9-14H2,1H3,(H,22,24). The molecule has 3 fully saturated rings. The summed E-state index contributed by atoms with van der Waals surface area (Å²) in [5.41, 5.74) is 2.73. The Hall–Kier alpha value is -1.47. The monoisotopic (exact) mass is 391 g/mol. The Morgan fingerprint density at radius 1 is 1.33 bits per heavy atom. The van der Waals surface area contributed by atoms with Gasteiger partial charge in [0.25, 0.3) is 0 Å². The Kier molecular flexibility index (Phi) is 5.01. The number of rotatable bonds is 4. The van der Waals surface area contributed by atoms with E-state index in [1.165, 1.54) is 5.56 Å². The first-order chi connectivity index (χ1) is 12.9. The average Bonchev–Trinajstić information content (AvgIpc) is 2.96. The third-order valence-corrected chi connectivity index (χ3v) is 8.91. The third kappa shape index (κ3) is 3.90. The fourth-order valence-corrected chi connectivity index (χ4v) is 6.73. The molecular weight excluding hydrogens is 362 g/mol. The Bertz CT molecular complexity index is 808. The molecule has 1 aromatic rings. The van der Waals surface area contributed by atoms with Crippen molar-refractivity contribution in [1.29, 1.82) is 0 Å². The summed E-state index contributed by atoms with van der Waals surface area (Å²) in [5.74, 6) is -0.110. The maximum absolute atomic E-state index is 12.3. The van der Waals surface area contributed by atoms with E-state index >= 15 is 0 Å². The molecule has 1 saturated carbocycles. The molecular formula is C20H29N3O3S. The Labute approximate surface area is 161 Å². The molecule has 3 aliphatic rings. The molecule has 1 N–H and O–H groups in total. The summed E-state index contributed by atoms with van der Waals surface area (Å²) in [6.07, 6.45) is 7.22. The lowest BCUT2D eigenvalue weighted by Gasteiger charge is -2.52. The van der Waals surface area contributed by atoms with Gasteiger partial charge in [-0.3, -0.25) is 14.7 Å². The van der Waals surface area contributed by atoms with Gasteiger partial charge in [0.1, 0.15) is 5.25 Å². The largest absolute Gasteiger partial charge is 0.352 e. The minimum absolute atomic E-state index is 0.151. The number of aromatic nitrogens is 1. The first kappa shape index (κ1) is 18.9. The van der Waals surface area contributed by atoms with Crippen molar-refractivity contribution in [3.63, 3.8) is 0 Å². The summed E-state index contributed by atoms with van der Waals surface area (Å²) in [6, 6.07) is 4.24. The minimum Gasteiger partial charge on any atom is -0.352 e. The van der Waals surface area contributed by atoms with Crippen LogP contribution in [0.5, 0.6) is 0 Å². The van der Waals surface area contributed by atoms with Gasteiger partial charge in [0, 0.05) is 18.8 Å². The summed E-state index contributed by atoms with van der Waals surface area (Å²) >= 11 is 0. The molecule has 2 aliphatic heterocycles. The molecule has 148 valence electrons. The molecule has 2 saturated heterocycles. The summed E-state index contributed by atoms with van der Waals surface area (Å²) < 4.78 is 23.8. The fourth-order valence-electron chi connectivity index (χ4n) is 4.96. The first-order valence-electron chi connectivity index (χ1n) is 10.0. The van der Waals surface area contributed by atoms with Crippen LogP contribution < -0.4 is 5.32 Å². The lowest BCUT2D eigenvalue weighted by Crippen LogP contribution is -2.56. The number of likely N-dealkylation sites (tertiary alicyclic amines) is 1. The van der Waals surface area contributed by atoms with Crippen LogP contribution in [0.2, 0.25) is 0 Å². The van der Waals surface area contributed by atoms with Crippen LogP contribution in [-0.4, -0.2) is 54.3 Å². The molecule has 27 heavy (non-hydrogen) atoms. The second-order valence-electron chi connectivity index (χ2n) is 8.65. The van der Waals surface area contributed by atoms with Crippen molar-refractivity contribution in [1.82, 2.24) is 15.2 Å². The van der Waals surface area contributed by atoms with Gasteiger partial charge < -0.3 is 5.32 Å². The quantitative estimate of drug-likeness (QED) is 0.847. The second kappa shape index (κ2) is 7.17. The molecule has 1 aromatic heterocycles. The number of piperidine rings is 1. The highest BCUT2D eigenvalue weighted by molar-refractivity contribution is 7.93. The smallest absolute Gasteiger partial charge is 0.238 e. The van der Waals surface area contributed by atoms with Crippen LogP contribution in [0.1, 0.15) is 49.8 Å². The van der Waals surface area contributed by atoms with Crippen molar-refractivity contribution >= 4 is 15.7 Å². The number of carbonyl (C=O) groups excluding carboxylic acids is 1.